The fourth-order valence-electron chi connectivity index (χ4n) is 6.32. The number of hydrogen-bond donors (Lipinski definition) is 1. The van der Waals surface area contributed by atoms with Gasteiger partial charge in [0, 0.05) is 75.9 Å². The number of nitrogens with zero attached hydrogens (tertiary/aromatic N) is 4. The summed E-state index contributed by atoms with van der Waals surface area (Å²) < 4.78 is 24.9. The van der Waals surface area contributed by atoms with E-state index in [4.69, 9.17) is 20.2 Å². The van der Waals surface area contributed by atoms with E-state index < -0.39 is 5.60 Å². The van der Waals surface area contributed by atoms with Crippen LogP contribution in [0.1, 0.15) is 89.3 Å². The maximum Gasteiger partial charge on any atom is 0.410 e. The van der Waals surface area contributed by atoms with Crippen LogP contribution in [0.2, 0.25) is 0 Å². The topological polar surface area (TPSA) is 135 Å². The third-order valence-corrected chi connectivity index (χ3v) is 8.59. The van der Waals surface area contributed by atoms with Gasteiger partial charge in [0.25, 0.3) is 0 Å². The number of allylic oxidation sites excluding steroid dienone is 2. The average Bonchev–Trinajstić information content (AvgIpc) is 3.41. The number of halogens is 1. The van der Waals surface area contributed by atoms with E-state index >= 15 is 0 Å². The molecule has 1 aromatic carbocycles. The van der Waals surface area contributed by atoms with Gasteiger partial charge in [0.1, 0.15) is 24.0 Å². The molecule has 2 aromatic rings. The van der Waals surface area contributed by atoms with Crippen molar-refractivity contribution in [1.82, 2.24) is 19.7 Å². The number of benzene rings is 1. The highest BCUT2D eigenvalue weighted by molar-refractivity contribution is 5.92. The molecule has 0 atom stereocenters. The minimum absolute atomic E-state index is 0.114. The van der Waals surface area contributed by atoms with Gasteiger partial charge in [-0.25, -0.2) is 14.2 Å². The van der Waals surface area contributed by atoms with E-state index in [0.717, 1.165) is 65.3 Å². The first-order valence-corrected chi connectivity index (χ1v) is 17.9. The Kier molecular flexibility index (Phi) is 16.9. The van der Waals surface area contributed by atoms with Crippen molar-refractivity contribution in [2.75, 3.05) is 53.5 Å². The number of rotatable bonds is 8. The SMILES string of the molecule is CC.CC.CC(C)(C)OC(=O)N1CCN(CC(N)=O)CC1.COC/C(C=O)=C(/C=C1/c2nc3cc(F)c(C)c4c3c(c2CN1C)CCC4)CC=O. The number of carbonyl (C=O) groups is 4. The summed E-state index contributed by atoms with van der Waals surface area (Å²) in [4.78, 5) is 55.8. The molecule has 5 rings (SSSR count). The van der Waals surface area contributed by atoms with Crippen LogP contribution < -0.4 is 5.73 Å². The minimum atomic E-state index is -0.471. The predicted molar refractivity (Wildman–Crippen MR) is 200 cm³/mol. The first kappa shape index (κ1) is 43.0. The van der Waals surface area contributed by atoms with Gasteiger partial charge >= 0.3 is 6.09 Å². The molecule has 282 valence electrons. The highest BCUT2D eigenvalue weighted by atomic mass is 19.1. The molecule has 1 aliphatic carbocycles. The number of methoxy groups -OCH3 is 1. The molecule has 2 amide bonds. The molecule has 1 fully saturated rings. The number of primary amides is 1. The second-order valence-electron chi connectivity index (χ2n) is 13.2. The van der Waals surface area contributed by atoms with E-state index in [-0.39, 0.29) is 37.4 Å². The number of nitrogens with two attached hydrogens (primary N) is 1. The molecule has 12 heteroatoms. The van der Waals surface area contributed by atoms with Crippen molar-refractivity contribution in [3.63, 3.8) is 0 Å². The van der Waals surface area contributed by atoms with Crippen LogP contribution in [0, 0.1) is 12.7 Å². The third kappa shape index (κ3) is 11.2. The standard InChI is InChI=1S/C24H25FN2O3.C11H21N3O3.2C2H6/c1-14-17-5-4-6-18-19-11-27(2)22(9-15(7-8-28)16(12-29)13-30-3)24(19)26-21(23(17)18)10-20(14)25;1-11(2,3)17-10(16)14-6-4-13(5-7-14)8-9(12)15;2*1-2/h8-10,12H,4-7,11,13H2,1-3H3;4-8H2,1-3H3,(H2,12,15);2*1-2H3/b16-15+,22-9-;;;. The summed E-state index contributed by atoms with van der Waals surface area (Å²) in [7, 11) is 3.48. The Morgan fingerprint density at radius 2 is 1.63 bits per heavy atom. The number of ether oxygens (including phenoxy) is 2. The summed E-state index contributed by atoms with van der Waals surface area (Å²) >= 11 is 0. The Morgan fingerprint density at radius 1 is 1.00 bits per heavy atom. The van der Waals surface area contributed by atoms with Crippen molar-refractivity contribution in [2.24, 2.45) is 5.73 Å². The highest BCUT2D eigenvalue weighted by Crippen LogP contribution is 2.41. The first-order chi connectivity index (χ1) is 24.3. The monoisotopic (exact) mass is 711 g/mol. The van der Waals surface area contributed by atoms with Gasteiger partial charge in [-0.2, -0.15) is 0 Å². The summed E-state index contributed by atoms with van der Waals surface area (Å²) in [5.41, 5.74) is 12.2. The maximum atomic E-state index is 14.6. The van der Waals surface area contributed by atoms with Crippen LogP contribution in [-0.2, 0) is 43.2 Å². The molecule has 3 heterocycles. The summed E-state index contributed by atoms with van der Waals surface area (Å²) in [6.45, 7) is 18.9. The van der Waals surface area contributed by atoms with Crippen LogP contribution in [0.3, 0.4) is 0 Å². The van der Waals surface area contributed by atoms with Gasteiger partial charge in [-0.1, -0.05) is 27.7 Å². The third-order valence-electron chi connectivity index (χ3n) is 8.59. The second-order valence-corrected chi connectivity index (χ2v) is 13.2. The minimum Gasteiger partial charge on any atom is -0.444 e. The zero-order valence-corrected chi connectivity index (χ0v) is 32.3. The molecule has 3 aliphatic rings. The normalized spacial score (nSPS) is 16.4. The molecule has 2 N–H and O–H groups in total. The summed E-state index contributed by atoms with van der Waals surface area (Å²) in [6, 6.07) is 1.53. The Balaban J connectivity index is 0.000000366. The van der Waals surface area contributed by atoms with Crippen molar-refractivity contribution in [3.05, 3.63) is 57.1 Å². The lowest BCUT2D eigenvalue weighted by Crippen LogP contribution is -2.51. The summed E-state index contributed by atoms with van der Waals surface area (Å²) in [5, 5.41) is 1.10. The highest BCUT2D eigenvalue weighted by Gasteiger charge is 2.31. The average molecular weight is 712 g/mol. The van der Waals surface area contributed by atoms with Gasteiger partial charge in [-0.05, 0) is 75.3 Å². The predicted octanol–water partition coefficient (Wildman–Crippen LogP) is 5.77. The van der Waals surface area contributed by atoms with Crippen molar-refractivity contribution in [2.45, 2.75) is 93.2 Å². The number of piperazine rings is 1. The van der Waals surface area contributed by atoms with Crippen LogP contribution >= 0.6 is 0 Å². The lowest BCUT2D eigenvalue weighted by atomic mass is 9.85. The largest absolute Gasteiger partial charge is 0.444 e. The molecule has 1 saturated heterocycles. The summed E-state index contributed by atoms with van der Waals surface area (Å²) in [5.74, 6) is -0.560. The number of aromatic nitrogens is 1. The van der Waals surface area contributed by atoms with E-state index in [9.17, 15) is 23.6 Å². The fourth-order valence-corrected chi connectivity index (χ4v) is 6.32. The second kappa shape index (κ2) is 20.0. The van der Waals surface area contributed by atoms with Gasteiger partial charge in [-0.15, -0.1) is 0 Å². The molecular weight excluding hydrogens is 653 g/mol. The molecule has 11 nitrogen and oxygen atoms in total. The molecule has 0 bridgehead atoms. The molecule has 0 saturated carbocycles. The Morgan fingerprint density at radius 3 is 2.18 bits per heavy atom. The van der Waals surface area contributed by atoms with E-state index in [2.05, 4.69) is 4.90 Å². The molecule has 51 heavy (non-hydrogen) atoms. The smallest absolute Gasteiger partial charge is 0.410 e. The molecule has 0 radical (unpaired) electrons. The van der Waals surface area contributed by atoms with Gasteiger partial charge in [0.15, 0.2) is 0 Å². The molecule has 1 aromatic heterocycles. The van der Waals surface area contributed by atoms with E-state index in [0.29, 0.717) is 49.4 Å². The number of hydrogen-bond acceptors (Lipinski definition) is 9. The zero-order chi connectivity index (χ0) is 38.5. The Bertz CT molecular complexity index is 1610. The number of amides is 2. The molecule has 0 spiro atoms. The van der Waals surface area contributed by atoms with Gasteiger partial charge < -0.3 is 29.8 Å². The molecule has 2 aliphatic heterocycles. The number of pyridine rings is 1. The van der Waals surface area contributed by atoms with Crippen LogP contribution in [0.5, 0.6) is 0 Å². The lowest BCUT2D eigenvalue weighted by molar-refractivity contribution is -0.119. The Hall–Kier alpha value is -4.16. The van der Waals surface area contributed by atoms with Crippen molar-refractivity contribution in [1.29, 1.82) is 0 Å². The number of aryl methyl sites for hydroxylation is 2. The first-order valence-electron chi connectivity index (χ1n) is 17.9. The van der Waals surface area contributed by atoms with Gasteiger partial charge in [-0.3, -0.25) is 14.5 Å². The lowest BCUT2D eigenvalue weighted by Gasteiger charge is -2.34. The van der Waals surface area contributed by atoms with Gasteiger partial charge in [0.05, 0.1) is 30.1 Å². The molecular formula is C39H58FN5O6. The van der Waals surface area contributed by atoms with Crippen molar-refractivity contribution >= 4 is 41.2 Å². The number of carbonyl (C=O) groups excluding carboxylic acids is 4. The number of fused-ring (bicyclic) bond motifs is 2. The van der Waals surface area contributed by atoms with Crippen LogP contribution in [0.25, 0.3) is 16.6 Å². The van der Waals surface area contributed by atoms with Crippen molar-refractivity contribution in [3.8, 4) is 0 Å². The summed E-state index contributed by atoms with van der Waals surface area (Å²) in [6.07, 6.45) is 5.99. The van der Waals surface area contributed by atoms with Crippen LogP contribution in [0.4, 0.5) is 9.18 Å². The molecule has 0 unspecified atom stereocenters. The van der Waals surface area contributed by atoms with E-state index in [1.54, 1.807) is 4.90 Å². The quantitative estimate of drug-likeness (QED) is 0.268. The maximum absolute atomic E-state index is 14.6. The number of aldehydes is 2. The van der Waals surface area contributed by atoms with E-state index in [1.165, 1.54) is 18.7 Å². The van der Waals surface area contributed by atoms with Crippen LogP contribution in [-0.4, -0.2) is 103 Å². The fraction of sp³-hybridized carbons (Fsp3) is 0.564. The van der Waals surface area contributed by atoms with E-state index in [1.807, 2.05) is 73.4 Å². The zero-order valence-electron chi connectivity index (χ0n) is 32.3. The van der Waals surface area contributed by atoms with Crippen molar-refractivity contribution < 1.29 is 33.0 Å². The Labute approximate surface area is 303 Å². The van der Waals surface area contributed by atoms with Gasteiger partial charge in [0.2, 0.25) is 5.91 Å². The van der Waals surface area contributed by atoms with Crippen LogP contribution in [0.15, 0.2) is 23.3 Å².